The van der Waals surface area contributed by atoms with E-state index in [1.165, 1.54) is 11.1 Å². The van der Waals surface area contributed by atoms with Crippen LogP contribution in [0.4, 0.5) is 0 Å². The molecule has 2 aliphatic rings. The molecular formula is C19H16ClN3O3. The molecule has 1 aromatic heterocycles. The molecule has 3 aromatic rings. The summed E-state index contributed by atoms with van der Waals surface area (Å²) < 4.78 is 16.6. The van der Waals surface area contributed by atoms with Crippen LogP contribution in [0.25, 0.3) is 22.8 Å². The van der Waals surface area contributed by atoms with E-state index in [2.05, 4.69) is 27.6 Å². The molecule has 26 heavy (non-hydrogen) atoms. The van der Waals surface area contributed by atoms with Crippen molar-refractivity contribution in [3.8, 4) is 34.3 Å². The van der Waals surface area contributed by atoms with Crippen molar-refractivity contribution in [2.45, 2.75) is 13.0 Å². The number of hydrogen-bond donors (Lipinski definition) is 1. The van der Waals surface area contributed by atoms with Gasteiger partial charge in [-0.1, -0.05) is 22.8 Å². The van der Waals surface area contributed by atoms with Crippen molar-refractivity contribution in [1.82, 2.24) is 15.5 Å². The second-order valence-corrected chi connectivity index (χ2v) is 6.72. The summed E-state index contributed by atoms with van der Waals surface area (Å²) >= 11 is 6.30. The lowest BCUT2D eigenvalue weighted by atomic mass is 9.98. The number of rotatable bonds is 2. The number of benzene rings is 2. The Kier molecular flexibility index (Phi) is 3.80. The van der Waals surface area contributed by atoms with E-state index in [4.69, 9.17) is 25.6 Å². The van der Waals surface area contributed by atoms with E-state index in [0.717, 1.165) is 30.6 Å². The maximum Gasteiger partial charge on any atom is 0.258 e. The first-order valence-corrected chi connectivity index (χ1v) is 8.92. The molecule has 5 rings (SSSR count). The Morgan fingerprint density at radius 3 is 2.88 bits per heavy atom. The molecule has 0 saturated carbocycles. The molecular weight excluding hydrogens is 354 g/mol. The molecule has 7 heteroatoms. The second kappa shape index (κ2) is 6.30. The third-order valence-electron chi connectivity index (χ3n) is 4.62. The highest BCUT2D eigenvalue weighted by atomic mass is 35.5. The zero-order valence-electron chi connectivity index (χ0n) is 13.9. The number of fused-ring (bicyclic) bond motifs is 2. The van der Waals surface area contributed by atoms with Crippen LogP contribution in [-0.2, 0) is 13.0 Å². The van der Waals surface area contributed by atoms with Gasteiger partial charge in [-0.2, -0.15) is 4.98 Å². The van der Waals surface area contributed by atoms with E-state index >= 15 is 0 Å². The Hall–Kier alpha value is -2.57. The molecule has 0 amide bonds. The molecule has 0 saturated heterocycles. The van der Waals surface area contributed by atoms with E-state index in [9.17, 15) is 0 Å². The summed E-state index contributed by atoms with van der Waals surface area (Å²) in [6, 6.07) is 9.86. The van der Waals surface area contributed by atoms with E-state index < -0.39 is 0 Å². The van der Waals surface area contributed by atoms with Gasteiger partial charge in [0.1, 0.15) is 13.2 Å². The molecule has 0 radical (unpaired) electrons. The highest BCUT2D eigenvalue weighted by Gasteiger charge is 2.20. The lowest BCUT2D eigenvalue weighted by Gasteiger charge is -2.19. The van der Waals surface area contributed by atoms with Crippen molar-refractivity contribution in [2.24, 2.45) is 0 Å². The van der Waals surface area contributed by atoms with Gasteiger partial charge in [0.2, 0.25) is 5.82 Å². The quantitative estimate of drug-likeness (QED) is 0.745. The lowest BCUT2D eigenvalue weighted by Crippen LogP contribution is -2.23. The predicted octanol–water partition coefficient (Wildman–Crippen LogP) is 3.47. The summed E-state index contributed by atoms with van der Waals surface area (Å²) in [4.78, 5) is 4.54. The largest absolute Gasteiger partial charge is 0.486 e. The average Bonchev–Trinajstić information content (AvgIpc) is 3.18. The first-order chi connectivity index (χ1) is 12.8. The van der Waals surface area contributed by atoms with Gasteiger partial charge in [-0.15, -0.1) is 0 Å². The van der Waals surface area contributed by atoms with Crippen LogP contribution in [0.3, 0.4) is 0 Å². The minimum absolute atomic E-state index is 0.467. The van der Waals surface area contributed by atoms with Crippen LogP contribution in [0.1, 0.15) is 11.1 Å². The fourth-order valence-corrected chi connectivity index (χ4v) is 3.58. The highest BCUT2D eigenvalue weighted by molar-refractivity contribution is 6.32. The van der Waals surface area contributed by atoms with E-state index in [-0.39, 0.29) is 0 Å². The van der Waals surface area contributed by atoms with Gasteiger partial charge in [0, 0.05) is 17.7 Å². The van der Waals surface area contributed by atoms with Gasteiger partial charge >= 0.3 is 0 Å². The number of ether oxygens (including phenoxy) is 2. The van der Waals surface area contributed by atoms with Gasteiger partial charge in [0.25, 0.3) is 5.89 Å². The van der Waals surface area contributed by atoms with Gasteiger partial charge in [0.05, 0.1) is 5.02 Å². The van der Waals surface area contributed by atoms with Crippen LogP contribution < -0.4 is 14.8 Å². The van der Waals surface area contributed by atoms with Gasteiger partial charge in [0.15, 0.2) is 11.5 Å². The van der Waals surface area contributed by atoms with Crippen LogP contribution in [0.2, 0.25) is 5.02 Å². The summed E-state index contributed by atoms with van der Waals surface area (Å²) in [7, 11) is 0. The van der Waals surface area contributed by atoms with E-state index in [1.54, 1.807) is 6.07 Å². The van der Waals surface area contributed by atoms with Crippen molar-refractivity contribution in [2.75, 3.05) is 19.8 Å². The Bertz CT molecular complexity index is 986. The molecule has 2 aliphatic heterocycles. The number of nitrogens with zero attached hydrogens (tertiary/aromatic N) is 2. The van der Waals surface area contributed by atoms with Gasteiger partial charge in [-0.3, -0.25) is 0 Å². The minimum Gasteiger partial charge on any atom is -0.486 e. The number of halogens is 1. The first-order valence-electron chi connectivity index (χ1n) is 8.54. The molecule has 0 aliphatic carbocycles. The highest BCUT2D eigenvalue weighted by Crippen LogP contribution is 2.40. The SMILES string of the molecule is Clc1cc(-c2noc(-c3ccc4c(c3)CNCC4)n2)cc2c1OCCO2. The van der Waals surface area contributed by atoms with Crippen molar-refractivity contribution in [3.63, 3.8) is 0 Å². The molecule has 3 heterocycles. The summed E-state index contributed by atoms with van der Waals surface area (Å²) in [6.45, 7) is 2.86. The van der Waals surface area contributed by atoms with E-state index in [1.807, 2.05) is 12.1 Å². The zero-order chi connectivity index (χ0) is 17.5. The summed E-state index contributed by atoms with van der Waals surface area (Å²) in [5.41, 5.74) is 4.28. The summed E-state index contributed by atoms with van der Waals surface area (Å²) in [6.07, 6.45) is 1.04. The molecule has 0 spiro atoms. The molecule has 0 atom stereocenters. The number of aromatic nitrogens is 2. The maximum absolute atomic E-state index is 6.30. The topological polar surface area (TPSA) is 69.4 Å². The predicted molar refractivity (Wildman–Crippen MR) is 96.6 cm³/mol. The average molecular weight is 370 g/mol. The monoisotopic (exact) mass is 369 g/mol. The Morgan fingerprint density at radius 1 is 1.00 bits per heavy atom. The third kappa shape index (κ3) is 2.71. The van der Waals surface area contributed by atoms with Gasteiger partial charge < -0.3 is 19.3 Å². The van der Waals surface area contributed by atoms with Crippen molar-refractivity contribution in [1.29, 1.82) is 0 Å². The Balaban J connectivity index is 1.50. The summed E-state index contributed by atoms with van der Waals surface area (Å²) in [5.74, 6) is 2.12. The summed E-state index contributed by atoms with van der Waals surface area (Å²) in [5, 5.41) is 7.96. The van der Waals surface area contributed by atoms with Crippen molar-refractivity contribution < 1.29 is 14.0 Å². The van der Waals surface area contributed by atoms with Crippen LogP contribution in [-0.4, -0.2) is 29.9 Å². The van der Waals surface area contributed by atoms with Crippen LogP contribution in [0, 0.1) is 0 Å². The van der Waals surface area contributed by atoms with Crippen LogP contribution >= 0.6 is 11.6 Å². The standard InChI is InChI=1S/C19H16ClN3O3/c20-15-8-13(9-16-17(15)25-6-5-24-16)18-22-19(26-23-18)12-2-1-11-3-4-21-10-14(11)7-12/h1-2,7-9,21H,3-6,10H2. The fourth-order valence-electron chi connectivity index (χ4n) is 3.31. The Morgan fingerprint density at radius 2 is 1.92 bits per heavy atom. The van der Waals surface area contributed by atoms with Crippen LogP contribution in [0.5, 0.6) is 11.5 Å². The van der Waals surface area contributed by atoms with Gasteiger partial charge in [-0.05, 0) is 48.4 Å². The molecule has 132 valence electrons. The molecule has 6 nitrogen and oxygen atoms in total. The van der Waals surface area contributed by atoms with E-state index in [0.29, 0.717) is 41.5 Å². The molecule has 2 aromatic carbocycles. The smallest absolute Gasteiger partial charge is 0.258 e. The van der Waals surface area contributed by atoms with Crippen molar-refractivity contribution >= 4 is 11.6 Å². The lowest BCUT2D eigenvalue weighted by molar-refractivity contribution is 0.172. The van der Waals surface area contributed by atoms with Gasteiger partial charge in [-0.25, -0.2) is 0 Å². The molecule has 0 bridgehead atoms. The maximum atomic E-state index is 6.30. The third-order valence-corrected chi connectivity index (χ3v) is 4.90. The molecule has 0 unspecified atom stereocenters. The normalized spacial score (nSPS) is 15.6. The van der Waals surface area contributed by atoms with Crippen molar-refractivity contribution in [3.05, 3.63) is 46.5 Å². The first kappa shape index (κ1) is 15.7. The number of hydrogen-bond acceptors (Lipinski definition) is 6. The molecule has 0 fully saturated rings. The molecule has 1 N–H and O–H groups in total. The van der Waals surface area contributed by atoms with Crippen LogP contribution in [0.15, 0.2) is 34.9 Å². The minimum atomic E-state index is 0.467. The number of nitrogens with one attached hydrogen (secondary N) is 1. The Labute approximate surface area is 155 Å². The fraction of sp³-hybridized carbons (Fsp3) is 0.263. The zero-order valence-corrected chi connectivity index (χ0v) is 14.7. The second-order valence-electron chi connectivity index (χ2n) is 6.32.